The molecule has 0 radical (unpaired) electrons. The first kappa shape index (κ1) is 23.1. The molecule has 0 unspecified atom stereocenters. The standard InChI is InChI=1S/C22H22F3N3O3Si/c1-32(2,3)18-7-4-6-17(14-18)30-20-19(8-5-13-26-20)28-21(29)27-15-9-11-16(12-10-15)31-22(23,24)25/h4-14H,1-3H3,(H2,27,28,29). The second-order valence-corrected chi connectivity index (χ2v) is 13.0. The molecule has 168 valence electrons. The highest BCUT2D eigenvalue weighted by atomic mass is 28.3. The molecule has 3 aromatic rings. The highest BCUT2D eigenvalue weighted by molar-refractivity contribution is 6.88. The molecule has 0 aliphatic heterocycles. The number of urea groups is 1. The monoisotopic (exact) mass is 461 g/mol. The van der Waals surface area contributed by atoms with Crippen LogP contribution in [0.2, 0.25) is 19.6 Å². The molecule has 3 rings (SSSR count). The Hall–Kier alpha value is -3.53. The first-order chi connectivity index (χ1) is 15.0. The van der Waals surface area contributed by atoms with E-state index in [1.165, 1.54) is 17.3 Å². The minimum Gasteiger partial charge on any atom is -0.437 e. The van der Waals surface area contributed by atoms with Gasteiger partial charge in [-0.3, -0.25) is 0 Å². The van der Waals surface area contributed by atoms with Crippen LogP contribution >= 0.6 is 0 Å². The Balaban J connectivity index is 1.68. The van der Waals surface area contributed by atoms with E-state index in [1.54, 1.807) is 18.3 Å². The molecule has 0 saturated carbocycles. The zero-order valence-corrected chi connectivity index (χ0v) is 18.7. The highest BCUT2D eigenvalue weighted by Crippen LogP contribution is 2.27. The van der Waals surface area contributed by atoms with E-state index >= 15 is 0 Å². The van der Waals surface area contributed by atoms with Crippen molar-refractivity contribution in [3.8, 4) is 17.4 Å². The predicted octanol–water partition coefficient (Wildman–Crippen LogP) is 5.96. The van der Waals surface area contributed by atoms with Crippen molar-refractivity contribution in [1.29, 1.82) is 0 Å². The van der Waals surface area contributed by atoms with Gasteiger partial charge in [0.2, 0.25) is 5.88 Å². The molecule has 32 heavy (non-hydrogen) atoms. The summed E-state index contributed by atoms with van der Waals surface area (Å²) >= 11 is 0. The van der Waals surface area contributed by atoms with Gasteiger partial charge in [0.1, 0.15) is 17.2 Å². The van der Waals surface area contributed by atoms with Crippen LogP contribution in [0, 0.1) is 0 Å². The molecule has 0 aliphatic rings. The van der Waals surface area contributed by atoms with Gasteiger partial charge in [0.25, 0.3) is 0 Å². The van der Waals surface area contributed by atoms with Crippen molar-refractivity contribution in [2.75, 3.05) is 10.6 Å². The number of carbonyl (C=O) groups is 1. The highest BCUT2D eigenvalue weighted by Gasteiger charge is 2.31. The molecule has 0 fully saturated rings. The molecule has 0 atom stereocenters. The Labute approximate surface area is 184 Å². The van der Waals surface area contributed by atoms with E-state index in [-0.39, 0.29) is 17.3 Å². The molecule has 2 N–H and O–H groups in total. The Bertz CT molecular complexity index is 1080. The van der Waals surface area contributed by atoms with Crippen LogP contribution in [0.5, 0.6) is 17.4 Å². The lowest BCUT2D eigenvalue weighted by Crippen LogP contribution is -2.37. The minimum atomic E-state index is -4.78. The predicted molar refractivity (Wildman–Crippen MR) is 119 cm³/mol. The van der Waals surface area contributed by atoms with Gasteiger partial charge < -0.3 is 20.1 Å². The zero-order chi connectivity index (χ0) is 23.4. The molecule has 0 bridgehead atoms. The molecular weight excluding hydrogens is 439 g/mol. The Morgan fingerprint density at radius 2 is 1.66 bits per heavy atom. The second-order valence-electron chi connectivity index (χ2n) is 7.89. The number of aromatic nitrogens is 1. The first-order valence-electron chi connectivity index (χ1n) is 9.67. The molecule has 2 amide bonds. The van der Waals surface area contributed by atoms with Gasteiger partial charge in [-0.2, -0.15) is 0 Å². The Morgan fingerprint density at radius 1 is 0.938 bits per heavy atom. The van der Waals surface area contributed by atoms with Crippen LogP contribution in [0.15, 0.2) is 66.9 Å². The molecule has 2 aromatic carbocycles. The van der Waals surface area contributed by atoms with Gasteiger partial charge in [0, 0.05) is 11.9 Å². The minimum absolute atomic E-state index is 0.212. The fourth-order valence-electron chi connectivity index (χ4n) is 2.73. The summed E-state index contributed by atoms with van der Waals surface area (Å²) in [5.41, 5.74) is 0.617. The van der Waals surface area contributed by atoms with Gasteiger partial charge in [-0.25, -0.2) is 9.78 Å². The quantitative estimate of drug-likeness (QED) is 0.444. The van der Waals surface area contributed by atoms with Gasteiger partial charge in [0.15, 0.2) is 0 Å². The van der Waals surface area contributed by atoms with E-state index in [2.05, 4.69) is 46.1 Å². The maximum atomic E-state index is 12.4. The topological polar surface area (TPSA) is 72.5 Å². The molecule has 0 aliphatic carbocycles. The van der Waals surface area contributed by atoms with Crippen molar-refractivity contribution < 1.29 is 27.4 Å². The van der Waals surface area contributed by atoms with Crippen molar-refractivity contribution in [1.82, 2.24) is 4.98 Å². The number of halogens is 3. The third-order valence-electron chi connectivity index (χ3n) is 4.28. The summed E-state index contributed by atoms with van der Waals surface area (Å²) in [4.78, 5) is 16.6. The SMILES string of the molecule is C[Si](C)(C)c1cccc(Oc2ncccc2NC(=O)Nc2ccc(OC(F)(F)F)cc2)c1. The maximum absolute atomic E-state index is 12.4. The number of benzene rings is 2. The van der Waals surface area contributed by atoms with Crippen LogP contribution in [-0.2, 0) is 0 Å². The van der Waals surface area contributed by atoms with Crippen LogP contribution in [0.4, 0.5) is 29.3 Å². The summed E-state index contributed by atoms with van der Waals surface area (Å²) in [6.07, 6.45) is -3.24. The normalized spacial score (nSPS) is 11.6. The average molecular weight is 462 g/mol. The van der Waals surface area contributed by atoms with Gasteiger partial charge in [-0.1, -0.05) is 37.0 Å². The number of pyridine rings is 1. The van der Waals surface area contributed by atoms with Gasteiger partial charge in [-0.15, -0.1) is 13.2 Å². The lowest BCUT2D eigenvalue weighted by molar-refractivity contribution is -0.274. The summed E-state index contributed by atoms with van der Waals surface area (Å²) in [6, 6.07) is 15.2. The van der Waals surface area contributed by atoms with E-state index < -0.39 is 20.5 Å². The number of nitrogens with one attached hydrogen (secondary N) is 2. The number of anilines is 2. The van der Waals surface area contributed by atoms with Crippen LogP contribution in [0.3, 0.4) is 0 Å². The molecule has 1 heterocycles. The van der Waals surface area contributed by atoms with Gasteiger partial charge in [-0.05, 0) is 48.5 Å². The number of hydrogen-bond acceptors (Lipinski definition) is 4. The van der Waals surface area contributed by atoms with Gasteiger partial charge >= 0.3 is 12.4 Å². The third-order valence-corrected chi connectivity index (χ3v) is 6.32. The van der Waals surface area contributed by atoms with E-state index in [0.29, 0.717) is 11.4 Å². The van der Waals surface area contributed by atoms with Crippen molar-refractivity contribution in [3.63, 3.8) is 0 Å². The lowest BCUT2D eigenvalue weighted by atomic mass is 10.3. The summed E-state index contributed by atoms with van der Waals surface area (Å²) in [7, 11) is -1.53. The first-order valence-corrected chi connectivity index (χ1v) is 13.2. The largest absolute Gasteiger partial charge is 0.573 e. The molecule has 1 aromatic heterocycles. The van der Waals surface area contributed by atoms with E-state index in [0.717, 1.165) is 12.1 Å². The molecule has 0 saturated heterocycles. The number of amides is 2. The van der Waals surface area contributed by atoms with Crippen molar-refractivity contribution in [2.24, 2.45) is 0 Å². The van der Waals surface area contributed by atoms with E-state index in [1.807, 2.05) is 18.2 Å². The third kappa shape index (κ3) is 6.74. The summed E-state index contributed by atoms with van der Waals surface area (Å²) in [5.74, 6) is 0.434. The summed E-state index contributed by atoms with van der Waals surface area (Å²) in [6.45, 7) is 6.68. The molecule has 0 spiro atoms. The van der Waals surface area contributed by atoms with E-state index in [9.17, 15) is 18.0 Å². The Morgan fingerprint density at radius 3 is 2.31 bits per heavy atom. The van der Waals surface area contributed by atoms with Gasteiger partial charge in [0.05, 0.1) is 8.07 Å². The summed E-state index contributed by atoms with van der Waals surface area (Å²) in [5, 5.41) is 6.39. The smallest absolute Gasteiger partial charge is 0.437 e. The fraction of sp³-hybridized carbons (Fsp3) is 0.182. The zero-order valence-electron chi connectivity index (χ0n) is 17.7. The number of hydrogen-bond donors (Lipinski definition) is 2. The van der Waals surface area contributed by atoms with Crippen LogP contribution in [0.25, 0.3) is 0 Å². The maximum Gasteiger partial charge on any atom is 0.573 e. The van der Waals surface area contributed by atoms with Crippen molar-refractivity contribution in [3.05, 3.63) is 66.9 Å². The van der Waals surface area contributed by atoms with Crippen molar-refractivity contribution >= 4 is 30.7 Å². The van der Waals surface area contributed by atoms with Crippen LogP contribution in [0.1, 0.15) is 0 Å². The lowest BCUT2D eigenvalue weighted by Gasteiger charge is -2.18. The van der Waals surface area contributed by atoms with Crippen LogP contribution in [-0.4, -0.2) is 25.5 Å². The van der Waals surface area contributed by atoms with E-state index in [4.69, 9.17) is 4.74 Å². The number of ether oxygens (including phenoxy) is 2. The molecular formula is C22H22F3N3O3Si. The number of alkyl halides is 3. The number of rotatable bonds is 6. The average Bonchev–Trinajstić information content (AvgIpc) is 2.69. The van der Waals surface area contributed by atoms with Crippen LogP contribution < -0.4 is 25.3 Å². The summed E-state index contributed by atoms with van der Waals surface area (Å²) < 4.78 is 46.5. The van der Waals surface area contributed by atoms with Crippen molar-refractivity contribution in [2.45, 2.75) is 26.0 Å². The molecule has 10 heteroatoms. The fourth-order valence-corrected chi connectivity index (χ4v) is 3.90. The second kappa shape index (κ2) is 9.31. The molecule has 6 nitrogen and oxygen atoms in total. The Kier molecular flexibility index (Phi) is 6.73. The number of nitrogens with zero attached hydrogens (tertiary/aromatic N) is 1. The number of carbonyl (C=O) groups excluding carboxylic acids is 1.